The standard InChI is InChI=1S/C26H28F2N4O5S/c1-15-22(38-16(2)30-15)24(35)31-19(11-17-7-4-3-5-8-17)21(33)25(36)32-14-26(27,28)12-20(32)23(34)29-13-18-9-6-10-37-18/h3-10,19-21,33H,11-14H2,1-2H3,(H,29,34)(H,31,35)/t19-,20-,21-/m0/s1. The van der Waals surface area contributed by atoms with Gasteiger partial charge in [0.1, 0.15) is 16.7 Å². The number of thiazole rings is 1. The molecule has 1 aliphatic heterocycles. The molecule has 0 aliphatic carbocycles. The zero-order valence-corrected chi connectivity index (χ0v) is 21.6. The van der Waals surface area contributed by atoms with E-state index in [0.29, 0.717) is 31.8 Å². The van der Waals surface area contributed by atoms with Crippen molar-refractivity contribution in [2.24, 2.45) is 0 Å². The number of amides is 3. The Labute approximate surface area is 221 Å². The summed E-state index contributed by atoms with van der Waals surface area (Å²) in [5.41, 5.74) is 1.21. The normalized spacial score (nSPS) is 18.1. The number of hydrogen-bond donors (Lipinski definition) is 3. The number of likely N-dealkylation sites (tertiary alicyclic amines) is 1. The van der Waals surface area contributed by atoms with Gasteiger partial charge >= 0.3 is 0 Å². The van der Waals surface area contributed by atoms with Crippen molar-refractivity contribution < 1.29 is 32.7 Å². The number of benzene rings is 1. The van der Waals surface area contributed by atoms with E-state index in [0.717, 1.165) is 11.3 Å². The van der Waals surface area contributed by atoms with E-state index >= 15 is 0 Å². The van der Waals surface area contributed by atoms with Gasteiger partial charge in [0.2, 0.25) is 5.91 Å². The van der Waals surface area contributed by atoms with Gasteiger partial charge in [-0.2, -0.15) is 0 Å². The second-order valence-electron chi connectivity index (χ2n) is 9.20. The summed E-state index contributed by atoms with van der Waals surface area (Å²) < 4.78 is 34.0. The zero-order chi connectivity index (χ0) is 27.4. The summed E-state index contributed by atoms with van der Waals surface area (Å²) in [4.78, 5) is 44.5. The summed E-state index contributed by atoms with van der Waals surface area (Å²) in [7, 11) is 0. The summed E-state index contributed by atoms with van der Waals surface area (Å²) in [6.07, 6.45) is -1.31. The van der Waals surface area contributed by atoms with E-state index < -0.39 is 54.8 Å². The van der Waals surface area contributed by atoms with Crippen molar-refractivity contribution in [3.63, 3.8) is 0 Å². The number of carbonyl (C=O) groups excluding carboxylic acids is 3. The molecule has 0 radical (unpaired) electrons. The number of halogens is 2. The van der Waals surface area contributed by atoms with Gasteiger partial charge in [-0.05, 0) is 38.0 Å². The quantitative estimate of drug-likeness (QED) is 0.379. The van der Waals surface area contributed by atoms with Gasteiger partial charge in [-0.1, -0.05) is 30.3 Å². The minimum atomic E-state index is -3.32. The number of aromatic nitrogens is 1. The summed E-state index contributed by atoms with van der Waals surface area (Å²) in [6, 6.07) is 9.41. The van der Waals surface area contributed by atoms with Crippen LogP contribution in [0.2, 0.25) is 0 Å². The third-order valence-electron chi connectivity index (χ3n) is 6.23. The maximum Gasteiger partial charge on any atom is 0.267 e. The van der Waals surface area contributed by atoms with Crippen LogP contribution in [0.1, 0.15) is 38.1 Å². The van der Waals surface area contributed by atoms with Crippen LogP contribution in [0.3, 0.4) is 0 Å². The maximum absolute atomic E-state index is 14.4. The van der Waals surface area contributed by atoms with Gasteiger partial charge in [-0.15, -0.1) is 11.3 Å². The molecule has 38 heavy (non-hydrogen) atoms. The van der Waals surface area contributed by atoms with Crippen molar-refractivity contribution in [2.75, 3.05) is 6.54 Å². The van der Waals surface area contributed by atoms with Gasteiger partial charge in [-0.3, -0.25) is 14.4 Å². The first-order chi connectivity index (χ1) is 18.0. The highest BCUT2D eigenvalue weighted by atomic mass is 32.1. The largest absolute Gasteiger partial charge is 0.467 e. The van der Waals surface area contributed by atoms with Crippen LogP contribution in [0, 0.1) is 13.8 Å². The molecule has 202 valence electrons. The molecular formula is C26H28F2N4O5S. The van der Waals surface area contributed by atoms with Crippen LogP contribution in [0.5, 0.6) is 0 Å². The summed E-state index contributed by atoms with van der Waals surface area (Å²) in [5.74, 6) is -5.31. The van der Waals surface area contributed by atoms with Crippen molar-refractivity contribution in [2.45, 2.75) is 57.3 Å². The molecule has 3 atom stereocenters. The molecule has 2 aromatic heterocycles. The van der Waals surface area contributed by atoms with Gasteiger partial charge in [0.05, 0.1) is 36.1 Å². The first kappa shape index (κ1) is 27.4. The summed E-state index contributed by atoms with van der Waals surface area (Å²) in [5, 5.41) is 17.0. The van der Waals surface area contributed by atoms with Crippen LogP contribution in [0.15, 0.2) is 53.1 Å². The first-order valence-corrected chi connectivity index (χ1v) is 12.8. The molecule has 1 saturated heterocycles. The lowest BCUT2D eigenvalue weighted by Crippen LogP contribution is -2.55. The van der Waals surface area contributed by atoms with E-state index in [1.807, 2.05) is 0 Å². The fourth-order valence-corrected chi connectivity index (χ4v) is 5.24. The molecule has 3 amide bonds. The lowest BCUT2D eigenvalue weighted by Gasteiger charge is -2.30. The Hall–Kier alpha value is -3.64. The lowest BCUT2D eigenvalue weighted by atomic mass is 9.99. The van der Waals surface area contributed by atoms with Gasteiger partial charge in [-0.25, -0.2) is 13.8 Å². The summed E-state index contributed by atoms with van der Waals surface area (Å²) in [6.45, 7) is 2.35. The van der Waals surface area contributed by atoms with Crippen molar-refractivity contribution >= 4 is 29.1 Å². The minimum Gasteiger partial charge on any atom is -0.467 e. The Morgan fingerprint density at radius 1 is 1.21 bits per heavy atom. The number of alkyl halides is 2. The topological polar surface area (TPSA) is 125 Å². The molecule has 1 fully saturated rings. The molecule has 3 aromatic rings. The number of nitrogens with one attached hydrogen (secondary N) is 2. The second kappa shape index (κ2) is 11.4. The van der Waals surface area contributed by atoms with Crippen LogP contribution in [0.4, 0.5) is 8.78 Å². The lowest BCUT2D eigenvalue weighted by molar-refractivity contribution is -0.147. The Morgan fingerprint density at radius 2 is 1.95 bits per heavy atom. The van der Waals surface area contributed by atoms with Crippen molar-refractivity contribution in [1.29, 1.82) is 0 Å². The number of carbonyl (C=O) groups is 3. The predicted molar refractivity (Wildman–Crippen MR) is 135 cm³/mol. The number of aliphatic hydroxyl groups is 1. The highest BCUT2D eigenvalue weighted by Gasteiger charge is 2.51. The Morgan fingerprint density at radius 3 is 2.58 bits per heavy atom. The molecule has 1 aliphatic rings. The van der Waals surface area contributed by atoms with Crippen molar-refractivity contribution in [3.05, 3.63) is 75.6 Å². The molecule has 0 spiro atoms. The molecule has 3 heterocycles. The average Bonchev–Trinajstić information content (AvgIpc) is 3.60. The fraction of sp³-hybridized carbons (Fsp3) is 0.385. The number of furan rings is 1. The van der Waals surface area contributed by atoms with E-state index in [1.165, 1.54) is 6.26 Å². The van der Waals surface area contributed by atoms with Gasteiger partial charge in [0.25, 0.3) is 17.7 Å². The maximum atomic E-state index is 14.4. The Balaban J connectivity index is 1.54. The van der Waals surface area contributed by atoms with Crippen molar-refractivity contribution in [1.82, 2.24) is 20.5 Å². The SMILES string of the molecule is Cc1nc(C)c(C(=O)N[C@@H](Cc2ccccc2)[C@H](O)C(=O)N2CC(F)(F)C[C@H]2C(=O)NCc2ccco2)s1. The van der Waals surface area contributed by atoms with Crippen LogP contribution in [0.25, 0.3) is 0 Å². The molecule has 1 aromatic carbocycles. The van der Waals surface area contributed by atoms with Crippen LogP contribution in [-0.2, 0) is 22.6 Å². The Bertz CT molecular complexity index is 1280. The third-order valence-corrected chi connectivity index (χ3v) is 7.30. The van der Waals surface area contributed by atoms with Crippen LogP contribution >= 0.6 is 11.3 Å². The van der Waals surface area contributed by atoms with Crippen LogP contribution < -0.4 is 10.6 Å². The molecule has 12 heteroatoms. The molecule has 3 N–H and O–H groups in total. The molecular weight excluding hydrogens is 518 g/mol. The molecule has 0 saturated carbocycles. The fourth-order valence-electron chi connectivity index (χ4n) is 4.42. The van der Waals surface area contributed by atoms with Gasteiger partial charge in [0, 0.05) is 6.42 Å². The van der Waals surface area contributed by atoms with E-state index in [2.05, 4.69) is 15.6 Å². The first-order valence-electron chi connectivity index (χ1n) is 12.0. The number of aryl methyl sites for hydroxylation is 2. The molecule has 4 rings (SSSR count). The minimum absolute atomic E-state index is 0.0429. The third kappa shape index (κ3) is 6.43. The molecule has 0 bridgehead atoms. The van der Waals surface area contributed by atoms with E-state index in [1.54, 1.807) is 56.3 Å². The highest BCUT2D eigenvalue weighted by molar-refractivity contribution is 7.13. The Kier molecular flexibility index (Phi) is 8.22. The number of aliphatic hydroxyl groups excluding tert-OH is 1. The van der Waals surface area contributed by atoms with E-state index in [9.17, 15) is 28.3 Å². The zero-order valence-electron chi connectivity index (χ0n) is 20.8. The molecule has 0 unspecified atom stereocenters. The molecule has 9 nitrogen and oxygen atoms in total. The second-order valence-corrected chi connectivity index (χ2v) is 10.4. The average molecular weight is 547 g/mol. The monoisotopic (exact) mass is 546 g/mol. The van der Waals surface area contributed by atoms with Gasteiger partial charge < -0.3 is 25.1 Å². The van der Waals surface area contributed by atoms with Crippen molar-refractivity contribution in [3.8, 4) is 0 Å². The van der Waals surface area contributed by atoms with E-state index in [4.69, 9.17) is 4.42 Å². The van der Waals surface area contributed by atoms with Crippen LogP contribution in [-0.4, -0.2) is 63.4 Å². The van der Waals surface area contributed by atoms with Gasteiger partial charge in [0.15, 0.2) is 6.10 Å². The smallest absolute Gasteiger partial charge is 0.267 e. The predicted octanol–water partition coefficient (Wildman–Crippen LogP) is 2.61. The van der Waals surface area contributed by atoms with E-state index in [-0.39, 0.29) is 13.0 Å². The summed E-state index contributed by atoms with van der Waals surface area (Å²) >= 11 is 1.16. The highest BCUT2D eigenvalue weighted by Crippen LogP contribution is 2.33. The number of nitrogens with zero attached hydrogens (tertiary/aromatic N) is 2. The number of rotatable bonds is 9. The number of hydrogen-bond acceptors (Lipinski definition) is 7.